The van der Waals surface area contributed by atoms with Crippen LogP contribution in [0.15, 0.2) is 23.1 Å². The smallest absolute Gasteiger partial charge is 0.243 e. The fourth-order valence-corrected chi connectivity index (χ4v) is 4.22. The predicted molar refractivity (Wildman–Crippen MR) is 74.6 cm³/mol. The van der Waals surface area contributed by atoms with Crippen LogP contribution in [0.5, 0.6) is 0 Å². The number of nitrogens with two attached hydrogens (primary N) is 1. The molecular formula is C11H15Cl2FN2O2S. The highest BCUT2D eigenvalue weighted by molar-refractivity contribution is 7.89. The number of hydrogen-bond donors (Lipinski definition) is 1. The summed E-state index contributed by atoms with van der Waals surface area (Å²) >= 11 is 5.69. The average molecular weight is 329 g/mol. The molecule has 1 aliphatic rings. The van der Waals surface area contributed by atoms with Crippen molar-refractivity contribution >= 4 is 34.0 Å². The molecule has 0 aliphatic carbocycles. The van der Waals surface area contributed by atoms with Gasteiger partial charge in [0, 0.05) is 24.2 Å². The molecule has 1 aliphatic heterocycles. The van der Waals surface area contributed by atoms with Crippen molar-refractivity contribution in [3.05, 3.63) is 29.0 Å². The maximum atomic E-state index is 13.2. The van der Waals surface area contributed by atoms with Gasteiger partial charge >= 0.3 is 0 Å². The SMILES string of the molecule is Cl.NCC1CCCN1S(=O)(=O)c1cc(F)cc(Cl)c1. The number of hydrogen-bond acceptors (Lipinski definition) is 3. The minimum absolute atomic E-state index is 0. The molecule has 1 fully saturated rings. The molecule has 8 heteroatoms. The molecule has 4 nitrogen and oxygen atoms in total. The van der Waals surface area contributed by atoms with Gasteiger partial charge in [-0.15, -0.1) is 12.4 Å². The molecular weight excluding hydrogens is 314 g/mol. The van der Waals surface area contributed by atoms with Crippen LogP contribution in [0.2, 0.25) is 5.02 Å². The lowest BCUT2D eigenvalue weighted by Crippen LogP contribution is -2.39. The van der Waals surface area contributed by atoms with E-state index in [1.165, 1.54) is 10.4 Å². The summed E-state index contributed by atoms with van der Waals surface area (Å²) in [5.74, 6) is -0.662. The zero-order chi connectivity index (χ0) is 13.3. The molecule has 1 aromatic carbocycles. The lowest BCUT2D eigenvalue weighted by atomic mass is 10.2. The summed E-state index contributed by atoms with van der Waals surface area (Å²) in [6.45, 7) is 0.681. The van der Waals surface area contributed by atoms with E-state index in [1.807, 2.05) is 0 Å². The Bertz CT molecular complexity index is 533. The molecule has 108 valence electrons. The van der Waals surface area contributed by atoms with Crippen molar-refractivity contribution in [2.45, 2.75) is 23.8 Å². The second kappa shape index (κ2) is 6.37. The van der Waals surface area contributed by atoms with E-state index in [-0.39, 0.29) is 34.9 Å². The van der Waals surface area contributed by atoms with Gasteiger partial charge in [0.25, 0.3) is 0 Å². The summed E-state index contributed by atoms with van der Waals surface area (Å²) in [6.07, 6.45) is 1.50. The van der Waals surface area contributed by atoms with Gasteiger partial charge in [-0.05, 0) is 31.0 Å². The van der Waals surface area contributed by atoms with E-state index in [9.17, 15) is 12.8 Å². The van der Waals surface area contributed by atoms with Crippen LogP contribution in [0.1, 0.15) is 12.8 Å². The molecule has 1 aromatic rings. The zero-order valence-corrected chi connectivity index (χ0v) is 12.4. The van der Waals surface area contributed by atoms with Gasteiger partial charge in [-0.2, -0.15) is 4.31 Å². The molecule has 0 spiro atoms. The first kappa shape index (κ1) is 16.7. The molecule has 2 rings (SSSR count). The Hall–Kier alpha value is -0.400. The molecule has 19 heavy (non-hydrogen) atoms. The highest BCUT2D eigenvalue weighted by Crippen LogP contribution is 2.27. The molecule has 1 atom stereocenters. The Morgan fingerprint density at radius 1 is 1.42 bits per heavy atom. The monoisotopic (exact) mass is 328 g/mol. The van der Waals surface area contributed by atoms with Gasteiger partial charge in [0.05, 0.1) is 4.90 Å². The molecule has 1 saturated heterocycles. The third-order valence-electron chi connectivity index (χ3n) is 3.04. The van der Waals surface area contributed by atoms with Gasteiger partial charge in [-0.1, -0.05) is 11.6 Å². The van der Waals surface area contributed by atoms with Gasteiger partial charge in [-0.3, -0.25) is 0 Å². The van der Waals surface area contributed by atoms with Gasteiger partial charge in [-0.25, -0.2) is 12.8 Å². The fraction of sp³-hybridized carbons (Fsp3) is 0.455. The number of nitrogens with zero attached hydrogens (tertiary/aromatic N) is 1. The molecule has 0 bridgehead atoms. The van der Waals surface area contributed by atoms with E-state index in [2.05, 4.69) is 0 Å². The molecule has 1 heterocycles. The van der Waals surface area contributed by atoms with E-state index < -0.39 is 15.8 Å². The third kappa shape index (κ3) is 3.38. The van der Waals surface area contributed by atoms with Gasteiger partial charge in [0.2, 0.25) is 10.0 Å². The molecule has 2 N–H and O–H groups in total. The molecule has 1 unspecified atom stereocenters. The van der Waals surface area contributed by atoms with Crippen molar-refractivity contribution in [3.8, 4) is 0 Å². The van der Waals surface area contributed by atoms with Crippen LogP contribution < -0.4 is 5.73 Å². The Labute approximate surface area is 123 Å². The van der Waals surface area contributed by atoms with Crippen LogP contribution in [0, 0.1) is 5.82 Å². The van der Waals surface area contributed by atoms with Crippen molar-refractivity contribution < 1.29 is 12.8 Å². The van der Waals surface area contributed by atoms with Crippen molar-refractivity contribution in [3.63, 3.8) is 0 Å². The summed E-state index contributed by atoms with van der Waals surface area (Å²) in [5.41, 5.74) is 5.55. The maximum Gasteiger partial charge on any atom is 0.243 e. The van der Waals surface area contributed by atoms with Gasteiger partial charge < -0.3 is 5.73 Å². The fourth-order valence-electron chi connectivity index (χ4n) is 2.17. The summed E-state index contributed by atoms with van der Waals surface area (Å²) in [7, 11) is -3.72. The number of halogens is 3. The van der Waals surface area contributed by atoms with Crippen LogP contribution in [0.4, 0.5) is 4.39 Å². The summed E-state index contributed by atoms with van der Waals surface area (Å²) in [5, 5.41) is 0.0667. The summed E-state index contributed by atoms with van der Waals surface area (Å²) in [6, 6.07) is 3.10. The standard InChI is InChI=1S/C11H14ClFN2O2S.ClH/c12-8-4-9(13)6-11(5-8)18(16,17)15-3-1-2-10(15)7-14;/h4-6,10H,1-3,7,14H2;1H. The normalized spacial score (nSPS) is 20.3. The van der Waals surface area contributed by atoms with Crippen LogP contribution in [0.3, 0.4) is 0 Å². The van der Waals surface area contributed by atoms with Gasteiger partial charge in [0.1, 0.15) is 5.82 Å². The van der Waals surface area contributed by atoms with Crippen LogP contribution in [-0.2, 0) is 10.0 Å². The average Bonchev–Trinajstić information content (AvgIpc) is 2.76. The molecule has 0 saturated carbocycles. The Morgan fingerprint density at radius 2 is 2.11 bits per heavy atom. The van der Waals surface area contributed by atoms with Crippen molar-refractivity contribution in [1.82, 2.24) is 4.31 Å². The second-order valence-corrected chi connectivity index (χ2v) is 6.58. The topological polar surface area (TPSA) is 63.4 Å². The number of rotatable bonds is 3. The minimum atomic E-state index is -3.72. The Balaban J connectivity index is 0.00000180. The highest BCUT2D eigenvalue weighted by atomic mass is 35.5. The highest BCUT2D eigenvalue weighted by Gasteiger charge is 2.34. The molecule has 0 radical (unpaired) electrons. The largest absolute Gasteiger partial charge is 0.329 e. The molecule has 0 amide bonds. The minimum Gasteiger partial charge on any atom is -0.329 e. The van der Waals surface area contributed by atoms with Crippen LogP contribution in [0.25, 0.3) is 0 Å². The van der Waals surface area contributed by atoms with Crippen LogP contribution in [-0.4, -0.2) is 31.9 Å². The summed E-state index contributed by atoms with van der Waals surface area (Å²) < 4.78 is 39.3. The Morgan fingerprint density at radius 3 is 2.68 bits per heavy atom. The summed E-state index contributed by atoms with van der Waals surface area (Å²) in [4.78, 5) is -0.118. The van der Waals surface area contributed by atoms with E-state index >= 15 is 0 Å². The second-order valence-electron chi connectivity index (χ2n) is 4.25. The Kier molecular flexibility index (Phi) is 5.58. The number of benzene rings is 1. The number of sulfonamides is 1. The first-order chi connectivity index (χ1) is 8.45. The van der Waals surface area contributed by atoms with E-state index in [0.29, 0.717) is 6.54 Å². The quantitative estimate of drug-likeness (QED) is 0.923. The van der Waals surface area contributed by atoms with E-state index in [4.69, 9.17) is 17.3 Å². The van der Waals surface area contributed by atoms with Crippen LogP contribution >= 0.6 is 24.0 Å². The van der Waals surface area contributed by atoms with E-state index in [1.54, 1.807) is 0 Å². The lowest BCUT2D eigenvalue weighted by molar-refractivity contribution is 0.393. The maximum absolute atomic E-state index is 13.2. The van der Waals surface area contributed by atoms with Crippen molar-refractivity contribution in [2.24, 2.45) is 5.73 Å². The van der Waals surface area contributed by atoms with E-state index in [0.717, 1.165) is 25.0 Å². The van der Waals surface area contributed by atoms with Crippen molar-refractivity contribution in [2.75, 3.05) is 13.1 Å². The third-order valence-corrected chi connectivity index (χ3v) is 5.19. The first-order valence-corrected chi connectivity index (χ1v) is 7.45. The zero-order valence-electron chi connectivity index (χ0n) is 10.1. The lowest BCUT2D eigenvalue weighted by Gasteiger charge is -2.22. The molecule has 0 aromatic heterocycles. The first-order valence-electron chi connectivity index (χ1n) is 5.63. The van der Waals surface area contributed by atoms with Gasteiger partial charge in [0.15, 0.2) is 0 Å². The predicted octanol–water partition coefficient (Wildman–Crippen LogP) is 2.01. The van der Waals surface area contributed by atoms with Crippen molar-refractivity contribution in [1.29, 1.82) is 0 Å².